The van der Waals surface area contributed by atoms with Crippen molar-refractivity contribution in [1.82, 2.24) is 19.7 Å². The minimum Gasteiger partial charge on any atom is -0.394 e. The number of aliphatic hydroxyl groups is 2. The first-order valence-electron chi connectivity index (χ1n) is 7.12. The number of para-hydroxylation sites is 1. The number of thioether (sulfide) groups is 1. The van der Waals surface area contributed by atoms with Gasteiger partial charge in [0.2, 0.25) is 0 Å². The number of benzene rings is 1. The van der Waals surface area contributed by atoms with Crippen molar-refractivity contribution in [2.45, 2.75) is 11.3 Å². The van der Waals surface area contributed by atoms with Crippen LogP contribution < -0.4 is 0 Å². The fourth-order valence-corrected chi connectivity index (χ4v) is 2.95. The molecule has 2 heterocycles. The van der Waals surface area contributed by atoms with Crippen LogP contribution in [0.3, 0.4) is 0 Å². The summed E-state index contributed by atoms with van der Waals surface area (Å²) in [6.07, 6.45) is 2.63. The van der Waals surface area contributed by atoms with Crippen LogP contribution in [0.1, 0.15) is 0 Å². The van der Waals surface area contributed by atoms with Crippen LogP contribution in [0.25, 0.3) is 17.1 Å². The molecule has 0 fully saturated rings. The van der Waals surface area contributed by atoms with Crippen molar-refractivity contribution in [3.05, 3.63) is 54.9 Å². The van der Waals surface area contributed by atoms with E-state index in [1.807, 2.05) is 47.0 Å². The van der Waals surface area contributed by atoms with Crippen molar-refractivity contribution < 1.29 is 10.2 Å². The SMILES string of the molecule is OCC(O)CSc1nnc(-c2ccncc2)n1-c1ccccc1. The second-order valence-corrected chi connectivity index (χ2v) is 5.85. The average Bonchev–Trinajstić information content (AvgIpc) is 3.05. The number of pyridine rings is 1. The summed E-state index contributed by atoms with van der Waals surface area (Å²) in [6, 6.07) is 13.5. The van der Waals surface area contributed by atoms with Gasteiger partial charge >= 0.3 is 0 Å². The summed E-state index contributed by atoms with van der Waals surface area (Å²) in [7, 11) is 0. The molecule has 6 nitrogen and oxygen atoms in total. The summed E-state index contributed by atoms with van der Waals surface area (Å²) in [5, 5.41) is 27.7. The first-order valence-corrected chi connectivity index (χ1v) is 8.11. The van der Waals surface area contributed by atoms with Gasteiger partial charge in [-0.2, -0.15) is 0 Å². The molecular weight excluding hydrogens is 312 g/mol. The monoisotopic (exact) mass is 328 g/mol. The minimum atomic E-state index is -0.787. The molecule has 0 radical (unpaired) electrons. The van der Waals surface area contributed by atoms with Gasteiger partial charge < -0.3 is 10.2 Å². The van der Waals surface area contributed by atoms with Gasteiger partial charge in [0.05, 0.1) is 12.7 Å². The number of aliphatic hydroxyl groups excluding tert-OH is 2. The molecule has 118 valence electrons. The molecule has 2 N–H and O–H groups in total. The third kappa shape index (κ3) is 3.58. The zero-order valence-electron chi connectivity index (χ0n) is 12.3. The van der Waals surface area contributed by atoms with Crippen molar-refractivity contribution in [3.63, 3.8) is 0 Å². The van der Waals surface area contributed by atoms with Crippen LogP contribution in [0, 0.1) is 0 Å². The van der Waals surface area contributed by atoms with E-state index in [2.05, 4.69) is 15.2 Å². The zero-order chi connectivity index (χ0) is 16.1. The standard InChI is InChI=1S/C16H16N4O2S/c21-10-14(22)11-23-16-19-18-15(12-6-8-17-9-7-12)20(16)13-4-2-1-3-5-13/h1-9,14,21-22H,10-11H2. The lowest BCUT2D eigenvalue weighted by molar-refractivity contribution is 0.113. The van der Waals surface area contributed by atoms with E-state index in [9.17, 15) is 5.11 Å². The number of nitrogens with zero attached hydrogens (tertiary/aromatic N) is 4. The maximum atomic E-state index is 9.57. The quantitative estimate of drug-likeness (QED) is 0.671. The van der Waals surface area contributed by atoms with Gasteiger partial charge in [0.1, 0.15) is 0 Å². The highest BCUT2D eigenvalue weighted by molar-refractivity contribution is 7.99. The number of rotatable bonds is 6. The summed E-state index contributed by atoms with van der Waals surface area (Å²) in [5.41, 5.74) is 1.84. The predicted molar refractivity (Wildman–Crippen MR) is 88.4 cm³/mol. The van der Waals surface area contributed by atoms with Gasteiger partial charge in [-0.25, -0.2) is 0 Å². The molecule has 0 saturated carbocycles. The predicted octanol–water partition coefficient (Wildman–Crippen LogP) is 1.77. The van der Waals surface area contributed by atoms with Gasteiger partial charge in [-0.05, 0) is 24.3 Å². The Hall–Kier alpha value is -2.22. The molecule has 7 heteroatoms. The van der Waals surface area contributed by atoms with Crippen LogP contribution in [0.5, 0.6) is 0 Å². The Morgan fingerprint density at radius 2 is 1.78 bits per heavy atom. The van der Waals surface area contributed by atoms with Crippen LogP contribution in [0.4, 0.5) is 0 Å². The topological polar surface area (TPSA) is 84.1 Å². The Morgan fingerprint density at radius 3 is 2.48 bits per heavy atom. The second kappa shape index (κ2) is 7.36. The molecule has 0 aliphatic rings. The van der Waals surface area contributed by atoms with Gasteiger partial charge in [0, 0.05) is 29.4 Å². The first-order chi connectivity index (χ1) is 11.3. The summed E-state index contributed by atoms with van der Waals surface area (Å²) < 4.78 is 1.93. The summed E-state index contributed by atoms with van der Waals surface area (Å²) in [6.45, 7) is -0.274. The summed E-state index contributed by atoms with van der Waals surface area (Å²) in [4.78, 5) is 4.03. The fourth-order valence-electron chi connectivity index (χ4n) is 2.08. The van der Waals surface area contributed by atoms with E-state index in [0.717, 1.165) is 11.3 Å². The lowest BCUT2D eigenvalue weighted by Gasteiger charge is -2.11. The van der Waals surface area contributed by atoms with E-state index in [-0.39, 0.29) is 6.61 Å². The molecule has 3 rings (SSSR count). The molecule has 1 unspecified atom stereocenters. The molecule has 3 aromatic rings. The third-order valence-corrected chi connectivity index (χ3v) is 4.28. The number of hydrogen-bond donors (Lipinski definition) is 2. The fraction of sp³-hybridized carbons (Fsp3) is 0.188. The lowest BCUT2D eigenvalue weighted by Crippen LogP contribution is -2.15. The van der Waals surface area contributed by atoms with Crippen LogP contribution in [-0.2, 0) is 0 Å². The Labute approximate surface area is 137 Å². The van der Waals surface area contributed by atoms with Gasteiger partial charge in [0.15, 0.2) is 11.0 Å². The molecule has 23 heavy (non-hydrogen) atoms. The van der Waals surface area contributed by atoms with E-state index in [1.165, 1.54) is 11.8 Å². The minimum absolute atomic E-state index is 0.274. The molecule has 0 saturated heterocycles. The smallest absolute Gasteiger partial charge is 0.196 e. The maximum Gasteiger partial charge on any atom is 0.196 e. The van der Waals surface area contributed by atoms with Crippen molar-refractivity contribution in [2.24, 2.45) is 0 Å². The largest absolute Gasteiger partial charge is 0.394 e. The molecular formula is C16H16N4O2S. The molecule has 0 aliphatic carbocycles. The second-order valence-electron chi connectivity index (χ2n) is 4.86. The van der Waals surface area contributed by atoms with Crippen molar-refractivity contribution in [3.8, 4) is 17.1 Å². The van der Waals surface area contributed by atoms with E-state index in [4.69, 9.17) is 5.11 Å². The highest BCUT2D eigenvalue weighted by Crippen LogP contribution is 2.27. The first kappa shape index (κ1) is 15.7. The van der Waals surface area contributed by atoms with Gasteiger partial charge in [-0.15, -0.1) is 10.2 Å². The molecule has 1 aromatic carbocycles. The Kier molecular flexibility index (Phi) is 5.02. The third-order valence-electron chi connectivity index (χ3n) is 3.20. The molecule has 0 amide bonds. The van der Waals surface area contributed by atoms with Crippen LogP contribution in [0.15, 0.2) is 60.0 Å². The van der Waals surface area contributed by atoms with Gasteiger partial charge in [-0.3, -0.25) is 9.55 Å². The van der Waals surface area contributed by atoms with E-state index >= 15 is 0 Å². The van der Waals surface area contributed by atoms with Crippen molar-refractivity contribution in [1.29, 1.82) is 0 Å². The molecule has 0 bridgehead atoms. The Morgan fingerprint density at radius 1 is 1.04 bits per heavy atom. The molecule has 0 aliphatic heterocycles. The normalized spacial score (nSPS) is 12.3. The van der Waals surface area contributed by atoms with E-state index in [0.29, 0.717) is 16.7 Å². The van der Waals surface area contributed by atoms with Gasteiger partial charge in [-0.1, -0.05) is 30.0 Å². The molecule has 2 aromatic heterocycles. The van der Waals surface area contributed by atoms with Crippen LogP contribution in [0.2, 0.25) is 0 Å². The highest BCUT2D eigenvalue weighted by Gasteiger charge is 2.17. The Bertz CT molecular complexity index is 749. The zero-order valence-corrected chi connectivity index (χ0v) is 13.1. The van der Waals surface area contributed by atoms with Gasteiger partial charge in [0.25, 0.3) is 0 Å². The van der Waals surface area contributed by atoms with Crippen molar-refractivity contribution in [2.75, 3.05) is 12.4 Å². The molecule has 1 atom stereocenters. The highest BCUT2D eigenvalue weighted by atomic mass is 32.2. The molecule has 0 spiro atoms. The van der Waals surface area contributed by atoms with E-state index in [1.54, 1.807) is 12.4 Å². The number of hydrogen-bond acceptors (Lipinski definition) is 6. The van der Waals surface area contributed by atoms with Crippen LogP contribution >= 0.6 is 11.8 Å². The summed E-state index contributed by atoms with van der Waals surface area (Å²) >= 11 is 1.35. The average molecular weight is 328 g/mol. The summed E-state index contributed by atoms with van der Waals surface area (Å²) in [5.74, 6) is 1.05. The lowest BCUT2D eigenvalue weighted by atomic mass is 10.2. The number of aromatic nitrogens is 4. The van der Waals surface area contributed by atoms with E-state index < -0.39 is 6.10 Å². The maximum absolute atomic E-state index is 9.57. The van der Waals surface area contributed by atoms with Crippen molar-refractivity contribution >= 4 is 11.8 Å². The van der Waals surface area contributed by atoms with Crippen LogP contribution in [-0.4, -0.2) is 48.4 Å². The Balaban J connectivity index is 2.02.